The molecule has 0 amide bonds. The van der Waals surface area contributed by atoms with Crippen LogP contribution >= 0.6 is 15.9 Å². The monoisotopic (exact) mass is 330 g/mol. The van der Waals surface area contributed by atoms with Crippen LogP contribution in [-0.2, 0) is 0 Å². The molecule has 2 aromatic carbocycles. The predicted octanol–water partition coefficient (Wildman–Crippen LogP) is 3.16. The Hall–Kier alpha value is -2.14. The first-order chi connectivity index (χ1) is 9.54. The minimum Gasteiger partial charge on any atom is -0.306 e. The lowest BCUT2D eigenvalue weighted by molar-refractivity contribution is 0.103. The summed E-state index contributed by atoms with van der Waals surface area (Å²) in [6, 6.07) is 10.8. The van der Waals surface area contributed by atoms with Gasteiger partial charge in [0.05, 0.1) is 11.0 Å². The van der Waals surface area contributed by atoms with E-state index < -0.39 is 0 Å². The average molecular weight is 331 g/mol. The van der Waals surface area contributed by atoms with Crippen LogP contribution in [0, 0.1) is 6.92 Å². The molecule has 0 radical (unpaired) electrons. The highest BCUT2D eigenvalue weighted by molar-refractivity contribution is 9.10. The Bertz CT molecular complexity index is 860. The molecule has 3 aromatic rings. The largest absolute Gasteiger partial charge is 0.323 e. The molecule has 0 aliphatic carbocycles. The van der Waals surface area contributed by atoms with E-state index in [4.69, 9.17) is 0 Å². The van der Waals surface area contributed by atoms with Crippen LogP contribution in [0.2, 0.25) is 0 Å². The van der Waals surface area contributed by atoms with Gasteiger partial charge in [0.1, 0.15) is 0 Å². The van der Waals surface area contributed by atoms with Crippen LogP contribution in [0.5, 0.6) is 0 Å². The molecule has 0 atom stereocenters. The van der Waals surface area contributed by atoms with Crippen LogP contribution in [0.3, 0.4) is 0 Å². The highest BCUT2D eigenvalue weighted by Crippen LogP contribution is 2.24. The van der Waals surface area contributed by atoms with Crippen LogP contribution in [0.4, 0.5) is 0 Å². The molecule has 0 fully saturated rings. The van der Waals surface area contributed by atoms with Gasteiger partial charge in [-0.1, -0.05) is 29.8 Å². The van der Waals surface area contributed by atoms with E-state index >= 15 is 0 Å². The standard InChI is InChI=1S/C15H11BrN2O2/c1-8-2-4-9(5-3-8)14(19)10-6-12-13(7-11(10)16)18-15(20)17-12/h2-7H,1H3,(H2,17,18,20). The van der Waals surface area contributed by atoms with Gasteiger partial charge in [0.15, 0.2) is 5.78 Å². The summed E-state index contributed by atoms with van der Waals surface area (Å²) in [5.41, 5.74) is 3.25. The van der Waals surface area contributed by atoms with Crippen molar-refractivity contribution in [2.75, 3.05) is 0 Å². The number of benzene rings is 2. The summed E-state index contributed by atoms with van der Waals surface area (Å²) >= 11 is 3.38. The SMILES string of the molecule is Cc1ccc(C(=O)c2cc3[nH]c(=O)[nH]c3cc2Br)cc1. The number of aryl methyl sites for hydroxylation is 1. The van der Waals surface area contributed by atoms with Crippen molar-refractivity contribution in [2.45, 2.75) is 6.92 Å². The van der Waals surface area contributed by atoms with E-state index in [1.807, 2.05) is 19.1 Å². The van der Waals surface area contributed by atoms with Crippen molar-refractivity contribution in [3.8, 4) is 0 Å². The third-order valence-electron chi connectivity index (χ3n) is 3.16. The molecule has 4 nitrogen and oxygen atoms in total. The highest BCUT2D eigenvalue weighted by atomic mass is 79.9. The van der Waals surface area contributed by atoms with E-state index in [1.54, 1.807) is 24.3 Å². The molecular weight excluding hydrogens is 320 g/mol. The Morgan fingerprint density at radius 1 is 1.05 bits per heavy atom. The molecule has 0 aliphatic heterocycles. The van der Waals surface area contributed by atoms with Crippen molar-refractivity contribution in [2.24, 2.45) is 0 Å². The van der Waals surface area contributed by atoms with Gasteiger partial charge in [0, 0.05) is 15.6 Å². The lowest BCUT2D eigenvalue weighted by Crippen LogP contribution is -2.02. The molecule has 1 aromatic heterocycles. The van der Waals surface area contributed by atoms with E-state index in [1.165, 1.54) is 0 Å². The first-order valence-electron chi connectivity index (χ1n) is 6.07. The number of H-pyrrole nitrogens is 2. The molecule has 1 heterocycles. The third kappa shape index (κ3) is 2.20. The maximum atomic E-state index is 12.5. The molecule has 20 heavy (non-hydrogen) atoms. The number of carbonyl (C=O) groups excluding carboxylic acids is 1. The molecule has 0 spiro atoms. The summed E-state index contributed by atoms with van der Waals surface area (Å²) in [5, 5.41) is 0. The Balaban J connectivity index is 2.13. The van der Waals surface area contributed by atoms with Crippen LogP contribution in [0.1, 0.15) is 21.5 Å². The first kappa shape index (κ1) is 12.9. The number of imidazole rings is 1. The van der Waals surface area contributed by atoms with Crippen molar-refractivity contribution < 1.29 is 4.79 Å². The van der Waals surface area contributed by atoms with Gasteiger partial charge in [-0.3, -0.25) is 4.79 Å². The normalized spacial score (nSPS) is 10.9. The van der Waals surface area contributed by atoms with Gasteiger partial charge in [-0.25, -0.2) is 4.79 Å². The fourth-order valence-corrected chi connectivity index (χ4v) is 2.61. The molecule has 0 unspecified atom stereocenters. The third-order valence-corrected chi connectivity index (χ3v) is 3.82. The molecule has 5 heteroatoms. The highest BCUT2D eigenvalue weighted by Gasteiger charge is 2.14. The van der Waals surface area contributed by atoms with Gasteiger partial charge >= 0.3 is 5.69 Å². The Labute approximate surface area is 123 Å². The molecule has 0 saturated heterocycles. The van der Waals surface area contributed by atoms with Crippen molar-refractivity contribution in [3.63, 3.8) is 0 Å². The molecule has 0 bridgehead atoms. The second kappa shape index (κ2) is 4.76. The first-order valence-corrected chi connectivity index (χ1v) is 6.87. The zero-order chi connectivity index (χ0) is 14.3. The number of nitrogens with one attached hydrogen (secondary N) is 2. The van der Waals surface area contributed by atoms with E-state index in [-0.39, 0.29) is 11.5 Å². The number of hydrogen-bond acceptors (Lipinski definition) is 2. The van der Waals surface area contributed by atoms with E-state index in [9.17, 15) is 9.59 Å². The van der Waals surface area contributed by atoms with Gasteiger partial charge in [-0.15, -0.1) is 0 Å². The minimum absolute atomic E-state index is 0.0826. The minimum atomic E-state index is -0.285. The van der Waals surface area contributed by atoms with Gasteiger partial charge in [0.2, 0.25) is 0 Å². The molecular formula is C15H11BrN2O2. The van der Waals surface area contributed by atoms with Crippen LogP contribution in [-0.4, -0.2) is 15.8 Å². The lowest BCUT2D eigenvalue weighted by Gasteiger charge is -2.05. The fraction of sp³-hybridized carbons (Fsp3) is 0.0667. The number of rotatable bonds is 2. The van der Waals surface area contributed by atoms with Crippen LogP contribution in [0.15, 0.2) is 45.7 Å². The van der Waals surface area contributed by atoms with E-state index in [0.29, 0.717) is 26.6 Å². The Morgan fingerprint density at radius 2 is 1.65 bits per heavy atom. The molecule has 0 saturated carbocycles. The van der Waals surface area contributed by atoms with E-state index in [0.717, 1.165) is 5.56 Å². The Morgan fingerprint density at radius 3 is 2.30 bits per heavy atom. The maximum Gasteiger partial charge on any atom is 0.323 e. The maximum absolute atomic E-state index is 12.5. The topological polar surface area (TPSA) is 65.7 Å². The Kier molecular flexibility index (Phi) is 3.06. The lowest BCUT2D eigenvalue weighted by atomic mass is 10.0. The summed E-state index contributed by atoms with van der Waals surface area (Å²) in [6.45, 7) is 1.97. The smallest absolute Gasteiger partial charge is 0.306 e. The number of aromatic nitrogens is 2. The number of fused-ring (bicyclic) bond motifs is 1. The summed E-state index contributed by atoms with van der Waals surface area (Å²) in [5.74, 6) is -0.0826. The molecule has 0 aliphatic rings. The van der Waals surface area contributed by atoms with Crippen molar-refractivity contribution in [3.05, 3.63) is 68.0 Å². The quantitative estimate of drug-likeness (QED) is 0.709. The molecule has 2 N–H and O–H groups in total. The van der Waals surface area contributed by atoms with Crippen LogP contribution < -0.4 is 5.69 Å². The number of carbonyl (C=O) groups is 1. The predicted molar refractivity (Wildman–Crippen MR) is 81.2 cm³/mol. The van der Waals surface area contributed by atoms with Gasteiger partial charge in [0.25, 0.3) is 0 Å². The van der Waals surface area contributed by atoms with Gasteiger partial charge in [-0.05, 0) is 35.0 Å². The van der Waals surface area contributed by atoms with Crippen molar-refractivity contribution in [1.82, 2.24) is 9.97 Å². The van der Waals surface area contributed by atoms with E-state index in [2.05, 4.69) is 25.9 Å². The second-order valence-corrected chi connectivity index (χ2v) is 5.51. The number of halogens is 1. The summed E-state index contributed by atoms with van der Waals surface area (Å²) in [6.07, 6.45) is 0. The summed E-state index contributed by atoms with van der Waals surface area (Å²) in [4.78, 5) is 29.1. The average Bonchev–Trinajstić information content (AvgIpc) is 2.77. The molecule has 3 rings (SSSR count). The van der Waals surface area contributed by atoms with Crippen molar-refractivity contribution in [1.29, 1.82) is 0 Å². The molecule has 100 valence electrons. The van der Waals surface area contributed by atoms with Gasteiger partial charge < -0.3 is 9.97 Å². The van der Waals surface area contributed by atoms with Crippen molar-refractivity contribution >= 4 is 32.7 Å². The zero-order valence-corrected chi connectivity index (χ0v) is 12.2. The second-order valence-electron chi connectivity index (χ2n) is 4.65. The van der Waals surface area contributed by atoms with Gasteiger partial charge in [-0.2, -0.15) is 0 Å². The number of aromatic amines is 2. The number of ketones is 1. The summed E-state index contributed by atoms with van der Waals surface area (Å²) < 4.78 is 0.658. The summed E-state index contributed by atoms with van der Waals surface area (Å²) in [7, 11) is 0. The zero-order valence-electron chi connectivity index (χ0n) is 10.7. The number of hydrogen-bond donors (Lipinski definition) is 2. The fourth-order valence-electron chi connectivity index (χ4n) is 2.09. The van der Waals surface area contributed by atoms with Crippen LogP contribution in [0.25, 0.3) is 11.0 Å².